The van der Waals surface area contributed by atoms with E-state index in [1.807, 2.05) is 0 Å². The summed E-state index contributed by atoms with van der Waals surface area (Å²) in [5.41, 5.74) is 0. The third kappa shape index (κ3) is 6.78. The van der Waals surface area contributed by atoms with Crippen molar-refractivity contribution in [1.29, 1.82) is 0 Å². The summed E-state index contributed by atoms with van der Waals surface area (Å²) in [5, 5.41) is 0.388. The maximum Gasteiger partial charge on any atom is 0.390 e. The van der Waals surface area contributed by atoms with E-state index in [1.54, 1.807) is 0 Å². The molecule has 1 N–H and O–H groups in total. The van der Waals surface area contributed by atoms with Crippen molar-refractivity contribution in [3.05, 3.63) is 17.4 Å². The summed E-state index contributed by atoms with van der Waals surface area (Å²) in [5.74, 6) is -0.953. The first-order valence-electron chi connectivity index (χ1n) is 7.34. The molecule has 24 heavy (non-hydrogen) atoms. The van der Waals surface area contributed by atoms with Crippen LogP contribution < -0.4 is 9.46 Å². The molecule has 0 aromatic carbocycles. The van der Waals surface area contributed by atoms with Crippen LogP contribution in [0.5, 0.6) is 6.01 Å². The quantitative estimate of drug-likeness (QED) is 0.811. The minimum atomic E-state index is -4.49. The number of hydrogen-bond donors (Lipinski definition) is 1. The molecular formula is C13H17ClF3N3O3S. The van der Waals surface area contributed by atoms with Crippen LogP contribution in [-0.4, -0.2) is 42.5 Å². The number of nitrogens with zero attached hydrogens (tertiary/aromatic N) is 2. The largest absolute Gasteiger partial charge is 0.460 e. The molecule has 1 aromatic heterocycles. The van der Waals surface area contributed by atoms with Gasteiger partial charge in [0.25, 0.3) is 0 Å². The number of hydrogen-bond acceptors (Lipinski definition) is 5. The van der Waals surface area contributed by atoms with E-state index in [4.69, 9.17) is 16.3 Å². The lowest BCUT2D eigenvalue weighted by Gasteiger charge is -2.28. The summed E-state index contributed by atoms with van der Waals surface area (Å²) in [6.07, 6.45) is -1.13. The normalized spacial score (nSPS) is 22.3. The molecule has 1 aliphatic rings. The maximum atomic E-state index is 12.1. The molecule has 0 atom stereocenters. The van der Waals surface area contributed by atoms with Gasteiger partial charge in [-0.15, -0.1) is 0 Å². The summed E-state index contributed by atoms with van der Waals surface area (Å²) in [7, 11) is -3.95. The van der Waals surface area contributed by atoms with Gasteiger partial charge in [-0.1, -0.05) is 11.6 Å². The lowest BCUT2D eigenvalue weighted by atomic mass is 9.94. The molecule has 0 amide bonds. The first-order chi connectivity index (χ1) is 11.1. The molecule has 0 spiro atoms. The summed E-state index contributed by atoms with van der Waals surface area (Å²) in [6.45, 7) is 0. The second kappa shape index (κ2) is 7.83. The van der Waals surface area contributed by atoms with Crippen molar-refractivity contribution >= 4 is 21.6 Å². The molecule has 11 heteroatoms. The van der Waals surface area contributed by atoms with Crippen LogP contribution in [0.2, 0.25) is 5.02 Å². The van der Waals surface area contributed by atoms with Gasteiger partial charge in [0.2, 0.25) is 10.0 Å². The number of ether oxygens (including phenoxy) is 1. The van der Waals surface area contributed by atoms with Crippen LogP contribution in [0.3, 0.4) is 0 Å². The Morgan fingerprint density at radius 2 is 1.79 bits per heavy atom. The van der Waals surface area contributed by atoms with Crippen molar-refractivity contribution in [3.8, 4) is 6.01 Å². The van der Waals surface area contributed by atoms with Gasteiger partial charge in [0.1, 0.15) is 6.10 Å². The summed E-state index contributed by atoms with van der Waals surface area (Å²) in [6, 6.07) is -0.192. The van der Waals surface area contributed by atoms with E-state index in [2.05, 4.69) is 14.7 Å². The zero-order valence-corrected chi connectivity index (χ0v) is 14.2. The van der Waals surface area contributed by atoms with Gasteiger partial charge < -0.3 is 4.74 Å². The topological polar surface area (TPSA) is 81.2 Å². The van der Waals surface area contributed by atoms with Crippen molar-refractivity contribution in [2.24, 2.45) is 0 Å². The second-order valence-corrected chi connectivity index (χ2v) is 7.89. The molecule has 136 valence electrons. The Balaban J connectivity index is 1.77. The van der Waals surface area contributed by atoms with Crippen molar-refractivity contribution in [2.75, 3.05) is 5.75 Å². The first-order valence-corrected chi connectivity index (χ1v) is 9.37. The fourth-order valence-electron chi connectivity index (χ4n) is 2.37. The Morgan fingerprint density at radius 3 is 2.33 bits per heavy atom. The number of nitrogens with one attached hydrogen (secondary N) is 1. The number of halogens is 4. The van der Waals surface area contributed by atoms with E-state index < -0.39 is 28.4 Å². The minimum Gasteiger partial charge on any atom is -0.460 e. The highest BCUT2D eigenvalue weighted by molar-refractivity contribution is 7.89. The van der Waals surface area contributed by atoms with Crippen LogP contribution in [0.1, 0.15) is 32.1 Å². The highest BCUT2D eigenvalue weighted by atomic mass is 35.5. The van der Waals surface area contributed by atoms with Crippen LogP contribution in [0.4, 0.5) is 13.2 Å². The lowest BCUT2D eigenvalue weighted by Crippen LogP contribution is -2.41. The molecule has 1 fully saturated rings. The Morgan fingerprint density at radius 1 is 1.21 bits per heavy atom. The Bertz CT molecular complexity index is 632. The second-order valence-electron chi connectivity index (χ2n) is 5.58. The fourth-order valence-corrected chi connectivity index (χ4v) is 3.83. The first kappa shape index (κ1) is 19.2. The third-order valence-electron chi connectivity index (χ3n) is 3.54. The van der Waals surface area contributed by atoms with Gasteiger partial charge in [0.15, 0.2) is 0 Å². The predicted octanol–water partition coefficient (Wildman–Crippen LogP) is 2.69. The SMILES string of the molecule is O=S(=O)(CCC(F)(F)F)NC1CCC(Oc2ncc(Cl)cn2)CC1. The molecule has 0 aliphatic heterocycles. The number of alkyl halides is 3. The molecule has 0 radical (unpaired) electrons. The number of aromatic nitrogens is 2. The molecular weight excluding hydrogens is 371 g/mol. The lowest BCUT2D eigenvalue weighted by molar-refractivity contribution is -0.130. The van der Waals surface area contributed by atoms with Gasteiger partial charge in [0, 0.05) is 6.04 Å². The molecule has 1 saturated carbocycles. The number of rotatable bonds is 6. The third-order valence-corrected chi connectivity index (χ3v) is 5.17. The molecule has 0 unspecified atom stereocenters. The van der Waals surface area contributed by atoms with Crippen LogP contribution in [0, 0.1) is 0 Å². The van der Waals surface area contributed by atoms with Crippen LogP contribution in [0.25, 0.3) is 0 Å². The minimum absolute atomic E-state index is 0.165. The van der Waals surface area contributed by atoms with Crippen molar-refractivity contribution in [1.82, 2.24) is 14.7 Å². The highest BCUT2D eigenvalue weighted by Crippen LogP contribution is 2.24. The van der Waals surface area contributed by atoms with Crippen LogP contribution in [-0.2, 0) is 10.0 Å². The summed E-state index contributed by atoms with van der Waals surface area (Å²) < 4.78 is 67.6. The molecule has 1 heterocycles. The molecule has 1 aromatic rings. The average Bonchev–Trinajstić information content (AvgIpc) is 2.49. The molecule has 1 aliphatic carbocycles. The molecule has 6 nitrogen and oxygen atoms in total. The van der Waals surface area contributed by atoms with Gasteiger partial charge in [-0.25, -0.2) is 23.1 Å². The standard InChI is InChI=1S/C13H17ClF3N3O3S/c14-9-7-18-12(19-8-9)23-11-3-1-10(2-4-11)20-24(21,22)6-5-13(15,16)17/h7-8,10-11,20H,1-6H2. The van der Waals surface area contributed by atoms with Gasteiger partial charge >= 0.3 is 12.2 Å². The van der Waals surface area contributed by atoms with E-state index in [0.29, 0.717) is 30.7 Å². The van der Waals surface area contributed by atoms with Gasteiger partial charge in [-0.2, -0.15) is 13.2 Å². The molecule has 2 rings (SSSR count). The zero-order valence-electron chi connectivity index (χ0n) is 12.6. The van der Waals surface area contributed by atoms with Crippen molar-refractivity contribution in [3.63, 3.8) is 0 Å². The summed E-state index contributed by atoms with van der Waals surface area (Å²) in [4.78, 5) is 7.83. The van der Waals surface area contributed by atoms with E-state index in [-0.39, 0.29) is 18.2 Å². The van der Waals surface area contributed by atoms with Gasteiger partial charge in [-0.05, 0) is 25.7 Å². The average molecular weight is 388 g/mol. The van der Waals surface area contributed by atoms with Gasteiger partial charge in [-0.3, -0.25) is 0 Å². The van der Waals surface area contributed by atoms with Crippen molar-refractivity contribution in [2.45, 2.75) is 50.4 Å². The Labute approximate surface area is 142 Å². The molecule has 0 bridgehead atoms. The predicted molar refractivity (Wildman–Crippen MR) is 81.3 cm³/mol. The highest BCUT2D eigenvalue weighted by Gasteiger charge is 2.32. The Hall–Kier alpha value is -1.13. The van der Waals surface area contributed by atoms with Crippen molar-refractivity contribution < 1.29 is 26.3 Å². The van der Waals surface area contributed by atoms with Crippen LogP contribution >= 0.6 is 11.6 Å². The summed E-state index contributed by atoms with van der Waals surface area (Å²) >= 11 is 5.67. The van der Waals surface area contributed by atoms with E-state index in [0.717, 1.165) is 0 Å². The number of sulfonamides is 1. The van der Waals surface area contributed by atoms with Crippen LogP contribution in [0.15, 0.2) is 12.4 Å². The smallest absolute Gasteiger partial charge is 0.390 e. The maximum absolute atomic E-state index is 12.1. The van der Waals surface area contributed by atoms with E-state index in [1.165, 1.54) is 12.4 Å². The van der Waals surface area contributed by atoms with Gasteiger partial charge in [0.05, 0.1) is 29.6 Å². The molecule has 0 saturated heterocycles. The van der Waals surface area contributed by atoms with E-state index in [9.17, 15) is 21.6 Å². The monoisotopic (exact) mass is 387 g/mol. The fraction of sp³-hybridized carbons (Fsp3) is 0.692. The zero-order chi connectivity index (χ0) is 17.8. The van der Waals surface area contributed by atoms with E-state index >= 15 is 0 Å². The Kier molecular flexibility index (Phi) is 6.27.